The number of hydrogen-bond acceptors (Lipinski definition) is 1. The second-order valence-electron chi connectivity index (χ2n) is 2.96. The van der Waals surface area contributed by atoms with E-state index in [9.17, 15) is 4.79 Å². The van der Waals surface area contributed by atoms with Crippen LogP contribution in [0.4, 0.5) is 0 Å². The molecule has 0 unspecified atom stereocenters. The Morgan fingerprint density at radius 3 is 1.42 bits per heavy atom. The molecule has 0 aliphatic heterocycles. The predicted molar refractivity (Wildman–Crippen MR) is 57.5 cm³/mol. The summed E-state index contributed by atoms with van der Waals surface area (Å²) in [6, 6.07) is 2.48. The van der Waals surface area contributed by atoms with Crippen LogP contribution >= 0.6 is 0 Å². The van der Waals surface area contributed by atoms with Crippen LogP contribution < -0.4 is 0 Å². The van der Waals surface area contributed by atoms with Gasteiger partial charge in [0.2, 0.25) is 0 Å². The molecule has 12 heavy (non-hydrogen) atoms. The van der Waals surface area contributed by atoms with Crippen LogP contribution in [0.3, 0.4) is 0 Å². The van der Waals surface area contributed by atoms with Crippen molar-refractivity contribution in [3.8, 4) is 0 Å². The van der Waals surface area contributed by atoms with Crippen LogP contribution in [0.2, 0.25) is 18.1 Å². The monoisotopic (exact) mass is 180 g/mol. The van der Waals surface area contributed by atoms with Crippen LogP contribution in [-0.4, -0.2) is 14.0 Å². The van der Waals surface area contributed by atoms with Crippen molar-refractivity contribution in [1.29, 1.82) is 0 Å². The molecule has 0 N–H and O–H groups in total. The Hall–Kier alpha value is -0.893. The molecule has 0 radical (unpaired) electrons. The van der Waals surface area contributed by atoms with Crippen molar-refractivity contribution in [2.75, 3.05) is 0 Å². The molecular formula is C10H16OSi. The molecular weight excluding hydrogens is 164 g/mol. The molecule has 0 aromatic heterocycles. The maximum absolute atomic E-state index is 10.9. The molecule has 0 amide bonds. The Morgan fingerprint density at radius 2 is 1.25 bits per heavy atom. The summed E-state index contributed by atoms with van der Waals surface area (Å²) in [7, 11) is -1.80. The summed E-state index contributed by atoms with van der Waals surface area (Å²) in [4.78, 5) is 10.9. The van der Waals surface area contributed by atoms with Gasteiger partial charge in [-0.3, -0.25) is 0 Å². The molecule has 0 atom stereocenters. The second-order valence-corrected chi connectivity index (χ2v) is 7.14. The molecule has 0 fully saturated rings. The second kappa shape index (κ2) is 5.72. The zero-order valence-corrected chi connectivity index (χ0v) is 8.46. The molecule has 0 aliphatic carbocycles. The summed E-state index contributed by atoms with van der Waals surface area (Å²) in [5, 5.41) is 0. The fourth-order valence-corrected chi connectivity index (χ4v) is 3.77. The smallest absolute Gasteiger partial charge is 0.139 e. The van der Waals surface area contributed by atoms with E-state index in [4.69, 9.17) is 0 Å². The van der Waals surface area contributed by atoms with Crippen LogP contribution in [0.15, 0.2) is 38.0 Å². The van der Waals surface area contributed by atoms with E-state index in [0.29, 0.717) is 0 Å². The highest BCUT2D eigenvalue weighted by Crippen LogP contribution is 2.19. The van der Waals surface area contributed by atoms with Crippen molar-refractivity contribution in [2.24, 2.45) is 0 Å². The standard InChI is InChI=1S/C10H16OSi/c1-4-7-12(10-11,8-5-2)9-6-3/h4-6,10H,1-3,7-9H2. The SMILES string of the molecule is C=CC[Si](C=O)(CC=C)CC=C. The summed E-state index contributed by atoms with van der Waals surface area (Å²) in [5.74, 6) is 1.12. The third-order valence-electron chi connectivity index (χ3n) is 1.90. The van der Waals surface area contributed by atoms with E-state index in [-0.39, 0.29) is 0 Å². The molecule has 66 valence electrons. The van der Waals surface area contributed by atoms with Gasteiger partial charge in [0.15, 0.2) is 0 Å². The average molecular weight is 180 g/mol. The van der Waals surface area contributed by atoms with Crippen molar-refractivity contribution >= 4 is 14.0 Å². The molecule has 0 aromatic rings. The Morgan fingerprint density at radius 1 is 0.917 bits per heavy atom. The molecule has 2 heteroatoms. The minimum Gasteiger partial charge on any atom is -0.309 e. The molecule has 0 rings (SSSR count). The first-order valence-corrected chi connectivity index (χ1v) is 6.73. The van der Waals surface area contributed by atoms with E-state index in [2.05, 4.69) is 19.7 Å². The van der Waals surface area contributed by atoms with Crippen molar-refractivity contribution in [2.45, 2.75) is 18.1 Å². The van der Waals surface area contributed by atoms with Gasteiger partial charge in [-0.15, -0.1) is 19.7 Å². The summed E-state index contributed by atoms with van der Waals surface area (Å²) >= 11 is 0. The van der Waals surface area contributed by atoms with Gasteiger partial charge in [-0.05, 0) is 18.1 Å². The third-order valence-corrected chi connectivity index (χ3v) is 5.71. The lowest BCUT2D eigenvalue weighted by Gasteiger charge is -2.19. The molecule has 0 saturated heterocycles. The van der Waals surface area contributed by atoms with E-state index in [1.807, 2.05) is 18.2 Å². The topological polar surface area (TPSA) is 17.1 Å². The maximum atomic E-state index is 10.9. The van der Waals surface area contributed by atoms with E-state index in [1.54, 1.807) is 0 Å². The molecule has 0 spiro atoms. The van der Waals surface area contributed by atoms with Gasteiger partial charge in [0.25, 0.3) is 0 Å². The van der Waals surface area contributed by atoms with Crippen LogP contribution in [0.1, 0.15) is 0 Å². The summed E-state index contributed by atoms with van der Waals surface area (Å²) in [6.07, 6.45) is 5.48. The Kier molecular flexibility index (Phi) is 5.29. The zero-order chi connectivity index (χ0) is 9.45. The molecule has 1 nitrogen and oxygen atoms in total. The highest BCUT2D eigenvalue weighted by molar-refractivity contribution is 7.02. The van der Waals surface area contributed by atoms with Crippen molar-refractivity contribution in [3.63, 3.8) is 0 Å². The average Bonchev–Trinajstić information content (AvgIpc) is 2.06. The minimum atomic E-state index is -1.80. The van der Waals surface area contributed by atoms with Gasteiger partial charge < -0.3 is 4.79 Å². The highest BCUT2D eigenvalue weighted by Gasteiger charge is 2.28. The van der Waals surface area contributed by atoms with Crippen molar-refractivity contribution in [1.82, 2.24) is 0 Å². The Bertz CT molecular complexity index is 158. The number of carbonyl (C=O) groups excluding carboxylic acids is 1. The van der Waals surface area contributed by atoms with Gasteiger partial charge in [0.05, 0.1) is 0 Å². The first-order valence-electron chi connectivity index (χ1n) is 4.03. The lowest BCUT2D eigenvalue weighted by Crippen LogP contribution is -2.34. The Balaban J connectivity index is 4.45. The lowest BCUT2D eigenvalue weighted by atomic mass is 10.7. The Labute approximate surface area is 75.5 Å². The van der Waals surface area contributed by atoms with Gasteiger partial charge in [-0.1, -0.05) is 18.2 Å². The molecule has 0 bridgehead atoms. The van der Waals surface area contributed by atoms with E-state index in [1.165, 1.54) is 0 Å². The van der Waals surface area contributed by atoms with Crippen molar-refractivity contribution < 1.29 is 4.79 Å². The van der Waals surface area contributed by atoms with Crippen LogP contribution in [-0.2, 0) is 4.79 Å². The largest absolute Gasteiger partial charge is 0.309 e. The van der Waals surface area contributed by atoms with Gasteiger partial charge >= 0.3 is 0 Å². The molecule has 0 heterocycles. The molecule has 0 aromatic carbocycles. The van der Waals surface area contributed by atoms with Crippen LogP contribution in [0, 0.1) is 0 Å². The summed E-state index contributed by atoms with van der Waals surface area (Å²) in [6.45, 7) is 11.0. The number of hydrogen-bond donors (Lipinski definition) is 0. The normalized spacial score (nSPS) is 10.3. The fraction of sp³-hybridized carbons (Fsp3) is 0.300. The predicted octanol–water partition coefficient (Wildman–Crippen LogP) is 2.77. The van der Waals surface area contributed by atoms with Gasteiger partial charge in [-0.2, -0.15) is 0 Å². The maximum Gasteiger partial charge on any atom is 0.139 e. The van der Waals surface area contributed by atoms with Gasteiger partial charge in [-0.25, -0.2) is 0 Å². The first kappa shape index (κ1) is 11.1. The van der Waals surface area contributed by atoms with Gasteiger partial charge in [0, 0.05) is 0 Å². The number of carbonyl (C=O) groups is 1. The quantitative estimate of drug-likeness (QED) is 0.334. The third kappa shape index (κ3) is 3.01. The van der Waals surface area contributed by atoms with Crippen LogP contribution in [0.5, 0.6) is 0 Å². The number of rotatable bonds is 7. The van der Waals surface area contributed by atoms with E-state index in [0.717, 1.165) is 24.0 Å². The van der Waals surface area contributed by atoms with Crippen LogP contribution in [0.25, 0.3) is 0 Å². The summed E-state index contributed by atoms with van der Waals surface area (Å²) < 4.78 is 0. The minimum absolute atomic E-state index is 0.828. The lowest BCUT2D eigenvalue weighted by molar-refractivity contribution is 0.566. The number of allylic oxidation sites excluding steroid dienone is 3. The van der Waals surface area contributed by atoms with Crippen molar-refractivity contribution in [3.05, 3.63) is 38.0 Å². The van der Waals surface area contributed by atoms with E-state index < -0.39 is 8.07 Å². The first-order chi connectivity index (χ1) is 5.74. The van der Waals surface area contributed by atoms with Gasteiger partial charge in [0.1, 0.15) is 14.0 Å². The van der Waals surface area contributed by atoms with E-state index >= 15 is 0 Å². The molecule has 0 aliphatic rings. The fourth-order valence-electron chi connectivity index (χ4n) is 1.26. The highest BCUT2D eigenvalue weighted by atomic mass is 28.3. The zero-order valence-electron chi connectivity index (χ0n) is 7.46. The molecule has 0 saturated carbocycles. The summed E-state index contributed by atoms with van der Waals surface area (Å²) in [5.41, 5.74) is 0.